The SMILES string of the molecule is O=C(O)CC1(OC(=O)c2cccc(-c3ccccc3)c2)C(O)CCC1C=CC(O)CC1CCCCC1. The van der Waals surface area contributed by atoms with Crippen molar-refractivity contribution in [2.75, 3.05) is 0 Å². The Kier molecular flexibility index (Phi) is 8.60. The molecule has 2 aromatic carbocycles. The average molecular weight is 493 g/mol. The fourth-order valence-corrected chi connectivity index (χ4v) is 5.79. The van der Waals surface area contributed by atoms with Crippen LogP contribution in [0.3, 0.4) is 0 Å². The maximum atomic E-state index is 13.3. The van der Waals surface area contributed by atoms with Crippen molar-refractivity contribution in [3.05, 3.63) is 72.3 Å². The van der Waals surface area contributed by atoms with Crippen LogP contribution in [-0.2, 0) is 9.53 Å². The van der Waals surface area contributed by atoms with Gasteiger partial charge in [0.1, 0.15) is 0 Å². The summed E-state index contributed by atoms with van der Waals surface area (Å²) in [6, 6.07) is 16.6. The number of rotatable bonds is 9. The number of hydrogen-bond donors (Lipinski definition) is 3. The molecule has 4 rings (SSSR count). The number of carbonyl (C=O) groups is 2. The van der Waals surface area contributed by atoms with Crippen LogP contribution in [0.1, 0.15) is 68.1 Å². The normalized spacial score (nSPS) is 25.6. The van der Waals surface area contributed by atoms with Crippen LogP contribution >= 0.6 is 0 Å². The number of aliphatic hydroxyl groups excluding tert-OH is 2. The molecule has 0 aromatic heterocycles. The average Bonchev–Trinajstić information content (AvgIpc) is 3.17. The number of ether oxygens (including phenoxy) is 1. The summed E-state index contributed by atoms with van der Waals surface area (Å²) in [5.41, 5.74) is 0.486. The van der Waals surface area contributed by atoms with Crippen LogP contribution in [0.2, 0.25) is 0 Å². The number of aliphatic hydroxyl groups is 2. The Morgan fingerprint density at radius 1 is 0.972 bits per heavy atom. The van der Waals surface area contributed by atoms with Gasteiger partial charge >= 0.3 is 11.9 Å². The molecule has 2 aromatic rings. The molecule has 36 heavy (non-hydrogen) atoms. The van der Waals surface area contributed by atoms with Crippen molar-refractivity contribution in [2.24, 2.45) is 11.8 Å². The minimum Gasteiger partial charge on any atom is -0.481 e. The Labute approximate surface area is 212 Å². The van der Waals surface area contributed by atoms with Gasteiger partial charge in [0.15, 0.2) is 5.60 Å². The van der Waals surface area contributed by atoms with E-state index < -0.39 is 42.1 Å². The van der Waals surface area contributed by atoms with E-state index in [0.29, 0.717) is 30.7 Å². The smallest absolute Gasteiger partial charge is 0.338 e. The molecule has 2 saturated carbocycles. The number of carboxylic acid groups (broad SMARTS) is 1. The van der Waals surface area contributed by atoms with E-state index in [-0.39, 0.29) is 0 Å². The largest absolute Gasteiger partial charge is 0.481 e. The zero-order chi connectivity index (χ0) is 25.5. The summed E-state index contributed by atoms with van der Waals surface area (Å²) in [7, 11) is 0. The van der Waals surface area contributed by atoms with Gasteiger partial charge in [-0.05, 0) is 48.4 Å². The number of esters is 1. The third-order valence-corrected chi connectivity index (χ3v) is 7.72. The lowest BCUT2D eigenvalue weighted by molar-refractivity contribution is -0.150. The zero-order valence-electron chi connectivity index (χ0n) is 20.6. The van der Waals surface area contributed by atoms with E-state index >= 15 is 0 Å². The Morgan fingerprint density at radius 3 is 2.42 bits per heavy atom. The Hall–Kier alpha value is -2.96. The Balaban J connectivity index is 1.53. The van der Waals surface area contributed by atoms with E-state index in [1.165, 1.54) is 19.3 Å². The molecule has 0 bridgehead atoms. The standard InChI is InChI=1S/C30H36O6/c31-26(18-21-8-3-1-4-9-21)16-14-25-15-17-27(32)30(25,20-28(33)34)36-29(35)24-13-7-12-23(19-24)22-10-5-2-6-11-22/h2,5-7,10-14,16,19,21,25-27,31-32H,1,3-4,8-9,15,17-18,20H2,(H,33,34). The molecule has 3 N–H and O–H groups in total. The van der Waals surface area contributed by atoms with E-state index in [1.807, 2.05) is 36.4 Å². The van der Waals surface area contributed by atoms with E-state index in [1.54, 1.807) is 30.4 Å². The molecule has 2 aliphatic carbocycles. The first-order valence-electron chi connectivity index (χ1n) is 13.0. The number of aliphatic carboxylic acids is 1. The lowest BCUT2D eigenvalue weighted by Crippen LogP contribution is -2.48. The van der Waals surface area contributed by atoms with E-state index in [2.05, 4.69) is 0 Å². The number of carbonyl (C=O) groups excluding carboxylic acids is 1. The van der Waals surface area contributed by atoms with Crippen molar-refractivity contribution in [3.63, 3.8) is 0 Å². The molecule has 0 spiro atoms. The zero-order valence-corrected chi connectivity index (χ0v) is 20.6. The van der Waals surface area contributed by atoms with E-state index in [4.69, 9.17) is 4.74 Å². The molecule has 6 nitrogen and oxygen atoms in total. The lowest BCUT2D eigenvalue weighted by Gasteiger charge is -2.35. The molecule has 0 radical (unpaired) electrons. The summed E-state index contributed by atoms with van der Waals surface area (Å²) in [4.78, 5) is 25.1. The van der Waals surface area contributed by atoms with Gasteiger partial charge in [0.25, 0.3) is 0 Å². The topological polar surface area (TPSA) is 104 Å². The summed E-state index contributed by atoms with van der Waals surface area (Å²) in [5, 5.41) is 31.2. The molecule has 192 valence electrons. The minimum absolute atomic E-state index is 0.292. The molecule has 0 saturated heterocycles. The quantitative estimate of drug-likeness (QED) is 0.321. The highest BCUT2D eigenvalue weighted by atomic mass is 16.6. The highest BCUT2D eigenvalue weighted by Gasteiger charge is 2.53. The van der Waals surface area contributed by atoms with Gasteiger partial charge < -0.3 is 20.1 Å². The third-order valence-electron chi connectivity index (χ3n) is 7.72. The second-order valence-corrected chi connectivity index (χ2v) is 10.3. The minimum atomic E-state index is -1.59. The van der Waals surface area contributed by atoms with Crippen LogP contribution in [0, 0.1) is 11.8 Å². The van der Waals surface area contributed by atoms with Gasteiger partial charge in [0, 0.05) is 5.92 Å². The highest BCUT2D eigenvalue weighted by molar-refractivity contribution is 5.91. The van der Waals surface area contributed by atoms with Crippen LogP contribution in [0.5, 0.6) is 0 Å². The van der Waals surface area contributed by atoms with Crippen molar-refractivity contribution < 1.29 is 29.6 Å². The van der Waals surface area contributed by atoms with Gasteiger partial charge in [-0.1, -0.05) is 86.7 Å². The summed E-state index contributed by atoms with van der Waals surface area (Å²) in [5.74, 6) is -1.84. The molecule has 2 aliphatic rings. The third kappa shape index (κ3) is 6.23. The Morgan fingerprint density at radius 2 is 1.69 bits per heavy atom. The van der Waals surface area contributed by atoms with E-state index in [9.17, 15) is 24.9 Å². The number of benzene rings is 2. The first-order chi connectivity index (χ1) is 17.4. The summed E-state index contributed by atoms with van der Waals surface area (Å²) in [6.45, 7) is 0. The van der Waals surface area contributed by atoms with Crippen LogP contribution in [0.15, 0.2) is 66.7 Å². The molecular formula is C30H36O6. The van der Waals surface area contributed by atoms with Crippen molar-refractivity contribution >= 4 is 11.9 Å². The van der Waals surface area contributed by atoms with Crippen LogP contribution in [-0.4, -0.2) is 45.1 Å². The number of hydrogen-bond acceptors (Lipinski definition) is 5. The molecule has 6 heteroatoms. The molecule has 2 fully saturated rings. The van der Waals surface area contributed by atoms with Crippen molar-refractivity contribution in [1.82, 2.24) is 0 Å². The second kappa shape index (κ2) is 11.8. The van der Waals surface area contributed by atoms with Gasteiger partial charge in [-0.25, -0.2) is 4.79 Å². The summed E-state index contributed by atoms with van der Waals surface area (Å²) in [6.07, 6.45) is 8.51. The lowest BCUT2D eigenvalue weighted by atomic mass is 9.83. The predicted molar refractivity (Wildman–Crippen MR) is 137 cm³/mol. The molecule has 4 unspecified atom stereocenters. The molecule has 0 amide bonds. The highest BCUT2D eigenvalue weighted by Crippen LogP contribution is 2.43. The molecular weight excluding hydrogens is 456 g/mol. The molecule has 0 heterocycles. The first-order valence-corrected chi connectivity index (χ1v) is 13.0. The van der Waals surface area contributed by atoms with Gasteiger partial charge in [-0.15, -0.1) is 0 Å². The summed E-state index contributed by atoms with van der Waals surface area (Å²) < 4.78 is 5.89. The maximum Gasteiger partial charge on any atom is 0.338 e. The summed E-state index contributed by atoms with van der Waals surface area (Å²) >= 11 is 0. The predicted octanol–water partition coefficient (Wildman–Crippen LogP) is 5.38. The molecule has 0 aliphatic heterocycles. The van der Waals surface area contributed by atoms with Crippen LogP contribution in [0.4, 0.5) is 0 Å². The van der Waals surface area contributed by atoms with Gasteiger partial charge in [0.05, 0.1) is 24.2 Å². The van der Waals surface area contributed by atoms with E-state index in [0.717, 1.165) is 24.0 Å². The number of carboxylic acids is 1. The van der Waals surface area contributed by atoms with Crippen molar-refractivity contribution in [2.45, 2.75) is 75.6 Å². The molecule has 4 atom stereocenters. The van der Waals surface area contributed by atoms with Gasteiger partial charge in [0.2, 0.25) is 0 Å². The fraction of sp³-hybridized carbons (Fsp3) is 0.467. The van der Waals surface area contributed by atoms with Crippen LogP contribution in [0.25, 0.3) is 11.1 Å². The maximum absolute atomic E-state index is 13.3. The van der Waals surface area contributed by atoms with Crippen molar-refractivity contribution in [1.29, 1.82) is 0 Å². The fourth-order valence-electron chi connectivity index (χ4n) is 5.79. The monoisotopic (exact) mass is 492 g/mol. The van der Waals surface area contributed by atoms with Gasteiger partial charge in [-0.2, -0.15) is 0 Å². The second-order valence-electron chi connectivity index (χ2n) is 10.3. The van der Waals surface area contributed by atoms with Crippen LogP contribution < -0.4 is 0 Å². The first kappa shape index (κ1) is 26.1. The van der Waals surface area contributed by atoms with Crippen molar-refractivity contribution in [3.8, 4) is 11.1 Å². The Bertz CT molecular complexity index is 1060. The van der Waals surface area contributed by atoms with Gasteiger partial charge in [-0.3, -0.25) is 4.79 Å².